The highest BCUT2D eigenvalue weighted by molar-refractivity contribution is 5.59. The summed E-state index contributed by atoms with van der Waals surface area (Å²) in [7, 11) is 0. The predicted octanol–water partition coefficient (Wildman–Crippen LogP) is 3.09. The lowest BCUT2D eigenvalue weighted by Crippen LogP contribution is -1.98. The van der Waals surface area contributed by atoms with Crippen LogP contribution in [0.2, 0.25) is 0 Å². The highest BCUT2D eigenvalue weighted by atomic mass is 16.7. The van der Waals surface area contributed by atoms with Gasteiger partial charge in [-0.05, 0) is 18.2 Å². The van der Waals surface area contributed by atoms with E-state index in [4.69, 9.17) is 13.9 Å². The van der Waals surface area contributed by atoms with Crippen molar-refractivity contribution in [2.45, 2.75) is 6.29 Å². The normalized spacial score (nSPS) is 15.0. The first-order chi connectivity index (χ1) is 11.7. The van der Waals surface area contributed by atoms with Crippen molar-refractivity contribution < 1.29 is 18.8 Å². The molecule has 3 heterocycles. The molecule has 0 aliphatic carbocycles. The van der Waals surface area contributed by atoms with Crippen LogP contribution in [-0.4, -0.2) is 27.9 Å². The molecule has 1 aliphatic rings. The summed E-state index contributed by atoms with van der Waals surface area (Å²) in [6, 6.07) is 12.3. The van der Waals surface area contributed by atoms with Gasteiger partial charge in [0.05, 0.1) is 30.5 Å². The molecule has 1 fully saturated rings. The van der Waals surface area contributed by atoms with Crippen molar-refractivity contribution in [1.29, 1.82) is 0 Å². The van der Waals surface area contributed by atoms with Gasteiger partial charge in [-0.2, -0.15) is 5.10 Å². The summed E-state index contributed by atoms with van der Waals surface area (Å²) in [6.07, 6.45) is 1.22. The maximum absolute atomic E-state index is 10.9. The van der Waals surface area contributed by atoms with Crippen LogP contribution in [0.1, 0.15) is 11.9 Å². The van der Waals surface area contributed by atoms with Crippen molar-refractivity contribution in [1.82, 2.24) is 9.78 Å². The van der Waals surface area contributed by atoms with Crippen molar-refractivity contribution in [3.63, 3.8) is 0 Å². The fraction of sp³-hybridized carbons (Fsp3) is 0.188. The molecule has 4 rings (SSSR count). The molecule has 122 valence electrons. The third-order valence-corrected chi connectivity index (χ3v) is 3.64. The van der Waals surface area contributed by atoms with E-state index in [0.29, 0.717) is 30.2 Å². The zero-order chi connectivity index (χ0) is 16.5. The maximum atomic E-state index is 10.9. The number of aromatic nitrogens is 2. The number of furan rings is 1. The Morgan fingerprint density at radius 3 is 2.54 bits per heavy atom. The zero-order valence-electron chi connectivity index (χ0n) is 12.5. The smallest absolute Gasteiger partial charge is 0.399 e. The second kappa shape index (κ2) is 5.91. The Hall–Kier alpha value is -2.97. The van der Waals surface area contributed by atoms with Gasteiger partial charge >= 0.3 is 5.88 Å². The van der Waals surface area contributed by atoms with E-state index in [-0.39, 0.29) is 5.88 Å². The molecule has 2 aromatic heterocycles. The monoisotopic (exact) mass is 327 g/mol. The van der Waals surface area contributed by atoms with Crippen molar-refractivity contribution in [3.05, 3.63) is 64.3 Å². The zero-order valence-corrected chi connectivity index (χ0v) is 12.5. The van der Waals surface area contributed by atoms with E-state index in [0.717, 1.165) is 5.69 Å². The molecular weight excluding hydrogens is 314 g/mol. The van der Waals surface area contributed by atoms with Crippen molar-refractivity contribution in [3.8, 4) is 17.1 Å². The Kier molecular flexibility index (Phi) is 3.60. The first-order valence-electron chi connectivity index (χ1n) is 7.35. The standard InChI is InChI=1S/C16H13N3O5/c20-19(21)14-7-6-13(24-14)15-12(16-22-8-9-23-16)10-18(17-15)11-4-2-1-3-5-11/h1-7,10,16H,8-9H2. The van der Waals surface area contributed by atoms with Gasteiger partial charge in [0.2, 0.25) is 0 Å². The number of rotatable bonds is 4. The maximum Gasteiger partial charge on any atom is 0.433 e. The van der Waals surface area contributed by atoms with Crippen LogP contribution in [0.15, 0.2) is 53.1 Å². The van der Waals surface area contributed by atoms with Crippen LogP contribution in [0.4, 0.5) is 5.88 Å². The minimum atomic E-state index is -0.583. The molecule has 8 heteroatoms. The van der Waals surface area contributed by atoms with Gasteiger partial charge in [0.15, 0.2) is 12.1 Å². The molecule has 0 atom stereocenters. The van der Waals surface area contributed by atoms with Crippen LogP contribution < -0.4 is 0 Å². The van der Waals surface area contributed by atoms with Crippen LogP contribution in [-0.2, 0) is 9.47 Å². The van der Waals surface area contributed by atoms with E-state index in [1.54, 1.807) is 10.9 Å². The quantitative estimate of drug-likeness (QED) is 0.540. The number of para-hydroxylation sites is 1. The van der Waals surface area contributed by atoms with Gasteiger partial charge in [-0.15, -0.1) is 0 Å². The SMILES string of the molecule is O=[N+]([O-])c1ccc(-c2nn(-c3ccccc3)cc2C2OCCO2)o1. The van der Waals surface area contributed by atoms with Crippen LogP contribution in [0.5, 0.6) is 0 Å². The lowest BCUT2D eigenvalue weighted by molar-refractivity contribution is -0.401. The Morgan fingerprint density at radius 1 is 1.12 bits per heavy atom. The van der Waals surface area contributed by atoms with Crippen LogP contribution >= 0.6 is 0 Å². The molecule has 1 aliphatic heterocycles. The molecule has 0 bridgehead atoms. The molecule has 0 radical (unpaired) electrons. The average molecular weight is 327 g/mol. The van der Waals surface area contributed by atoms with Gasteiger partial charge in [0.1, 0.15) is 10.6 Å². The summed E-state index contributed by atoms with van der Waals surface area (Å²) in [5, 5.41) is 15.4. The third-order valence-electron chi connectivity index (χ3n) is 3.64. The molecule has 0 amide bonds. The number of nitro groups is 1. The Bertz CT molecular complexity index is 865. The molecular formula is C16H13N3O5. The molecule has 0 unspecified atom stereocenters. The lowest BCUT2D eigenvalue weighted by Gasteiger charge is -2.07. The first kappa shape index (κ1) is 14.6. The molecule has 0 N–H and O–H groups in total. The van der Waals surface area contributed by atoms with Crippen molar-refractivity contribution in [2.75, 3.05) is 13.2 Å². The van der Waals surface area contributed by atoms with Gasteiger partial charge in [-0.3, -0.25) is 10.1 Å². The van der Waals surface area contributed by atoms with Gasteiger partial charge in [-0.25, -0.2) is 4.68 Å². The highest BCUT2D eigenvalue weighted by Crippen LogP contribution is 2.34. The fourth-order valence-corrected chi connectivity index (χ4v) is 2.56. The van der Waals surface area contributed by atoms with Gasteiger partial charge in [0, 0.05) is 6.20 Å². The first-order valence-corrected chi connectivity index (χ1v) is 7.35. The molecule has 24 heavy (non-hydrogen) atoms. The molecule has 1 aromatic carbocycles. The summed E-state index contributed by atoms with van der Waals surface area (Å²) in [4.78, 5) is 10.3. The fourth-order valence-electron chi connectivity index (χ4n) is 2.56. The van der Waals surface area contributed by atoms with E-state index < -0.39 is 11.2 Å². The molecule has 0 spiro atoms. The summed E-state index contributed by atoms with van der Waals surface area (Å²) in [5.74, 6) is -0.0380. The number of benzene rings is 1. The topological polar surface area (TPSA) is 92.6 Å². The minimum absolute atomic E-state index is 0.297. The summed E-state index contributed by atoms with van der Waals surface area (Å²) in [6.45, 7) is 0.970. The molecule has 1 saturated heterocycles. The van der Waals surface area contributed by atoms with E-state index in [9.17, 15) is 10.1 Å². The average Bonchev–Trinajstić information content (AvgIpc) is 3.33. The number of hydrogen-bond acceptors (Lipinski definition) is 6. The molecule has 3 aromatic rings. The number of nitrogens with zero attached hydrogens (tertiary/aromatic N) is 3. The molecule has 8 nitrogen and oxygen atoms in total. The Morgan fingerprint density at radius 2 is 1.88 bits per heavy atom. The number of ether oxygens (including phenoxy) is 2. The second-order valence-corrected chi connectivity index (χ2v) is 5.18. The number of hydrogen-bond donors (Lipinski definition) is 0. The molecule has 0 saturated carbocycles. The van der Waals surface area contributed by atoms with E-state index in [2.05, 4.69) is 5.10 Å². The van der Waals surface area contributed by atoms with Crippen LogP contribution in [0.25, 0.3) is 17.1 Å². The minimum Gasteiger partial charge on any atom is -0.399 e. The van der Waals surface area contributed by atoms with Crippen molar-refractivity contribution >= 4 is 5.88 Å². The van der Waals surface area contributed by atoms with Crippen molar-refractivity contribution in [2.24, 2.45) is 0 Å². The largest absolute Gasteiger partial charge is 0.433 e. The van der Waals surface area contributed by atoms with E-state index in [1.807, 2.05) is 30.3 Å². The predicted molar refractivity (Wildman–Crippen MR) is 82.6 cm³/mol. The van der Waals surface area contributed by atoms with E-state index in [1.165, 1.54) is 12.1 Å². The Balaban J connectivity index is 1.81. The van der Waals surface area contributed by atoms with Gasteiger partial charge < -0.3 is 13.9 Å². The lowest BCUT2D eigenvalue weighted by atomic mass is 10.2. The van der Waals surface area contributed by atoms with Crippen LogP contribution in [0.3, 0.4) is 0 Å². The summed E-state index contributed by atoms with van der Waals surface area (Å²) in [5.41, 5.74) is 1.98. The van der Waals surface area contributed by atoms with Gasteiger partial charge in [-0.1, -0.05) is 18.2 Å². The van der Waals surface area contributed by atoms with E-state index >= 15 is 0 Å². The van der Waals surface area contributed by atoms with Crippen LogP contribution in [0, 0.1) is 10.1 Å². The third kappa shape index (κ3) is 2.57. The highest BCUT2D eigenvalue weighted by Gasteiger charge is 2.28. The second-order valence-electron chi connectivity index (χ2n) is 5.18. The Labute approximate surface area is 136 Å². The summed E-state index contributed by atoms with van der Waals surface area (Å²) < 4.78 is 18.1. The summed E-state index contributed by atoms with van der Waals surface area (Å²) >= 11 is 0. The van der Waals surface area contributed by atoms with Gasteiger partial charge in [0.25, 0.3) is 0 Å².